The van der Waals surface area contributed by atoms with Crippen LogP contribution in [-0.4, -0.2) is 49.7 Å². The van der Waals surface area contributed by atoms with Gasteiger partial charge in [-0.2, -0.15) is 0 Å². The molecule has 2 aliphatic heterocycles. The largest absolute Gasteiger partial charge is 0.376 e. The molecule has 2 aliphatic rings. The summed E-state index contributed by atoms with van der Waals surface area (Å²) in [5.74, 6) is 0.508. The highest BCUT2D eigenvalue weighted by molar-refractivity contribution is 5.79. The monoisotopic (exact) mass is 316 g/mol. The van der Waals surface area contributed by atoms with Crippen molar-refractivity contribution in [3.05, 3.63) is 35.9 Å². The highest BCUT2D eigenvalue weighted by atomic mass is 16.5. The molecule has 2 heterocycles. The second-order valence-corrected chi connectivity index (χ2v) is 6.70. The third-order valence-corrected chi connectivity index (χ3v) is 4.91. The minimum atomic E-state index is 0.181. The van der Waals surface area contributed by atoms with E-state index in [9.17, 15) is 4.79 Å². The maximum absolute atomic E-state index is 12.5. The Kier molecular flexibility index (Phi) is 6.06. The number of carbonyl (C=O) groups is 1. The molecule has 2 atom stereocenters. The number of carbonyl (C=O) groups excluding carboxylic acids is 1. The molecule has 0 aliphatic carbocycles. The topological polar surface area (TPSA) is 41.6 Å². The first kappa shape index (κ1) is 16.5. The predicted octanol–water partition coefficient (Wildman–Crippen LogP) is 2.24. The number of nitrogens with one attached hydrogen (secondary N) is 1. The summed E-state index contributed by atoms with van der Waals surface area (Å²) in [4.78, 5) is 14.5. The van der Waals surface area contributed by atoms with Crippen LogP contribution in [0.3, 0.4) is 0 Å². The van der Waals surface area contributed by atoms with Crippen molar-refractivity contribution in [3.8, 4) is 0 Å². The molecule has 0 radical (unpaired) electrons. The maximum Gasteiger partial charge on any atom is 0.227 e. The molecule has 2 saturated heterocycles. The van der Waals surface area contributed by atoms with Crippen LogP contribution < -0.4 is 5.32 Å². The van der Waals surface area contributed by atoms with Crippen LogP contribution in [0.5, 0.6) is 0 Å². The van der Waals surface area contributed by atoms with E-state index in [4.69, 9.17) is 4.74 Å². The fraction of sp³-hybridized carbons (Fsp3) is 0.632. The van der Waals surface area contributed by atoms with Crippen LogP contribution in [0.25, 0.3) is 0 Å². The average Bonchev–Trinajstić information content (AvgIpc) is 3.09. The first-order chi connectivity index (χ1) is 11.3. The van der Waals surface area contributed by atoms with E-state index in [1.165, 1.54) is 5.56 Å². The minimum Gasteiger partial charge on any atom is -0.376 e. The Morgan fingerprint density at radius 2 is 2.13 bits per heavy atom. The van der Waals surface area contributed by atoms with Crippen molar-refractivity contribution in [2.45, 2.75) is 38.2 Å². The van der Waals surface area contributed by atoms with Crippen molar-refractivity contribution in [2.24, 2.45) is 5.92 Å². The molecule has 0 spiro atoms. The van der Waals surface area contributed by atoms with Gasteiger partial charge in [-0.05, 0) is 44.2 Å². The SMILES string of the molecule is O=C(C1CCCNC1)N1CCC(OCCCc2ccccc2)C1. The molecule has 126 valence electrons. The van der Waals surface area contributed by atoms with Crippen LogP contribution >= 0.6 is 0 Å². The molecule has 1 amide bonds. The van der Waals surface area contributed by atoms with E-state index < -0.39 is 0 Å². The van der Waals surface area contributed by atoms with Gasteiger partial charge in [-0.25, -0.2) is 0 Å². The molecule has 4 heteroatoms. The first-order valence-corrected chi connectivity index (χ1v) is 8.98. The third kappa shape index (κ3) is 4.79. The molecule has 0 bridgehead atoms. The van der Waals surface area contributed by atoms with Crippen molar-refractivity contribution < 1.29 is 9.53 Å². The second-order valence-electron chi connectivity index (χ2n) is 6.70. The van der Waals surface area contributed by atoms with Crippen LogP contribution in [0.2, 0.25) is 0 Å². The molecule has 3 rings (SSSR count). The van der Waals surface area contributed by atoms with E-state index in [-0.39, 0.29) is 12.0 Å². The first-order valence-electron chi connectivity index (χ1n) is 8.98. The Morgan fingerprint density at radius 1 is 1.26 bits per heavy atom. The number of piperidine rings is 1. The van der Waals surface area contributed by atoms with Crippen LogP contribution in [-0.2, 0) is 16.0 Å². The van der Waals surface area contributed by atoms with Gasteiger partial charge in [0.1, 0.15) is 0 Å². The zero-order valence-corrected chi connectivity index (χ0v) is 13.9. The Morgan fingerprint density at radius 3 is 2.91 bits per heavy atom. The van der Waals surface area contributed by atoms with Crippen molar-refractivity contribution in [2.75, 3.05) is 32.8 Å². The number of aryl methyl sites for hydroxylation is 1. The predicted molar refractivity (Wildman–Crippen MR) is 91.3 cm³/mol. The number of benzene rings is 1. The Hall–Kier alpha value is -1.39. The molecule has 2 fully saturated rings. The number of amides is 1. The van der Waals surface area contributed by atoms with Crippen molar-refractivity contribution in [3.63, 3.8) is 0 Å². The Bertz CT molecular complexity index is 485. The van der Waals surface area contributed by atoms with Gasteiger partial charge in [-0.15, -0.1) is 0 Å². The summed E-state index contributed by atoms with van der Waals surface area (Å²) >= 11 is 0. The molecule has 4 nitrogen and oxygen atoms in total. The fourth-order valence-electron chi connectivity index (χ4n) is 3.56. The van der Waals surface area contributed by atoms with E-state index in [1.807, 2.05) is 11.0 Å². The summed E-state index contributed by atoms with van der Waals surface area (Å²) in [5.41, 5.74) is 1.36. The zero-order chi connectivity index (χ0) is 15.9. The number of likely N-dealkylation sites (tertiary alicyclic amines) is 1. The molecule has 2 unspecified atom stereocenters. The van der Waals surface area contributed by atoms with Crippen LogP contribution in [0.1, 0.15) is 31.2 Å². The van der Waals surface area contributed by atoms with Crippen molar-refractivity contribution in [1.29, 1.82) is 0 Å². The molecular weight excluding hydrogens is 288 g/mol. The second kappa shape index (κ2) is 8.46. The number of hydrogen-bond acceptors (Lipinski definition) is 3. The van der Waals surface area contributed by atoms with Crippen LogP contribution in [0.15, 0.2) is 30.3 Å². The van der Waals surface area contributed by atoms with E-state index in [0.717, 1.165) is 64.9 Å². The minimum absolute atomic E-state index is 0.181. The van der Waals surface area contributed by atoms with Gasteiger partial charge >= 0.3 is 0 Å². The number of ether oxygens (including phenoxy) is 1. The molecule has 1 N–H and O–H groups in total. The third-order valence-electron chi connectivity index (χ3n) is 4.91. The maximum atomic E-state index is 12.5. The van der Waals surface area contributed by atoms with Gasteiger partial charge in [0, 0.05) is 26.2 Å². The lowest BCUT2D eigenvalue weighted by atomic mass is 9.98. The van der Waals surface area contributed by atoms with Gasteiger partial charge in [-0.1, -0.05) is 30.3 Å². The molecule has 1 aromatic rings. The highest BCUT2D eigenvalue weighted by Crippen LogP contribution is 2.19. The molecular formula is C19H28N2O2. The summed E-state index contributed by atoms with van der Waals surface area (Å²) in [5, 5.41) is 3.33. The van der Waals surface area contributed by atoms with E-state index >= 15 is 0 Å². The molecule has 0 saturated carbocycles. The Balaban J connectivity index is 1.34. The number of hydrogen-bond donors (Lipinski definition) is 1. The van der Waals surface area contributed by atoms with Crippen molar-refractivity contribution in [1.82, 2.24) is 10.2 Å². The van der Waals surface area contributed by atoms with Gasteiger partial charge in [0.05, 0.1) is 12.0 Å². The fourth-order valence-corrected chi connectivity index (χ4v) is 3.56. The lowest BCUT2D eigenvalue weighted by Gasteiger charge is -2.26. The van der Waals surface area contributed by atoms with E-state index in [0.29, 0.717) is 5.91 Å². The van der Waals surface area contributed by atoms with Crippen LogP contribution in [0.4, 0.5) is 0 Å². The van der Waals surface area contributed by atoms with Gasteiger partial charge in [0.15, 0.2) is 0 Å². The highest BCUT2D eigenvalue weighted by Gasteiger charge is 2.31. The molecule has 23 heavy (non-hydrogen) atoms. The lowest BCUT2D eigenvalue weighted by Crippen LogP contribution is -2.42. The lowest BCUT2D eigenvalue weighted by molar-refractivity contribution is -0.135. The molecule has 1 aromatic carbocycles. The standard InChI is InChI=1S/C19H28N2O2/c22-19(17-9-4-11-20-14-17)21-12-10-18(15-21)23-13-5-8-16-6-2-1-3-7-16/h1-3,6-7,17-18,20H,4-5,8-15H2. The average molecular weight is 316 g/mol. The quantitative estimate of drug-likeness (QED) is 0.818. The molecule has 0 aromatic heterocycles. The summed E-state index contributed by atoms with van der Waals surface area (Å²) < 4.78 is 5.98. The van der Waals surface area contributed by atoms with Gasteiger partial charge < -0.3 is 15.0 Å². The van der Waals surface area contributed by atoms with Gasteiger partial charge in [-0.3, -0.25) is 4.79 Å². The van der Waals surface area contributed by atoms with Crippen LogP contribution in [0, 0.1) is 5.92 Å². The number of nitrogens with zero attached hydrogens (tertiary/aromatic N) is 1. The van der Waals surface area contributed by atoms with Gasteiger partial charge in [0.2, 0.25) is 5.91 Å². The smallest absolute Gasteiger partial charge is 0.227 e. The van der Waals surface area contributed by atoms with Crippen molar-refractivity contribution >= 4 is 5.91 Å². The van der Waals surface area contributed by atoms with E-state index in [1.54, 1.807) is 0 Å². The van der Waals surface area contributed by atoms with E-state index in [2.05, 4.69) is 29.6 Å². The normalized spacial score (nSPS) is 24.8. The Labute approximate surface area is 139 Å². The zero-order valence-electron chi connectivity index (χ0n) is 13.9. The van der Waals surface area contributed by atoms with Gasteiger partial charge in [0.25, 0.3) is 0 Å². The summed E-state index contributed by atoms with van der Waals surface area (Å²) in [6, 6.07) is 10.5. The number of rotatable bonds is 6. The summed E-state index contributed by atoms with van der Waals surface area (Å²) in [6.45, 7) is 4.32. The summed E-state index contributed by atoms with van der Waals surface area (Å²) in [6.07, 6.45) is 5.46. The summed E-state index contributed by atoms with van der Waals surface area (Å²) in [7, 11) is 0.